The van der Waals surface area contributed by atoms with Crippen molar-refractivity contribution in [2.45, 2.75) is 69.9 Å². The van der Waals surface area contributed by atoms with Gasteiger partial charge in [0.1, 0.15) is 11.5 Å². The quantitative estimate of drug-likeness (QED) is 0.550. The molecule has 0 amide bonds. The van der Waals surface area contributed by atoms with E-state index in [1.165, 1.54) is 0 Å². The van der Waals surface area contributed by atoms with Gasteiger partial charge in [0, 0.05) is 11.8 Å². The van der Waals surface area contributed by atoms with Gasteiger partial charge in [-0.15, -0.1) is 0 Å². The van der Waals surface area contributed by atoms with Crippen molar-refractivity contribution in [1.82, 2.24) is 0 Å². The second-order valence-corrected chi connectivity index (χ2v) is 10.1. The Labute approximate surface area is 152 Å². The first-order valence-electron chi connectivity index (χ1n) is 9.80. The Morgan fingerprint density at radius 3 is 2.65 bits per heavy atom. The number of aliphatic hydroxyl groups is 3. The highest BCUT2D eigenvalue weighted by Gasteiger charge is 2.92. The fourth-order valence-electron chi connectivity index (χ4n) is 8.38. The van der Waals surface area contributed by atoms with Gasteiger partial charge < -0.3 is 24.8 Å². The predicted octanol–water partition coefficient (Wildman–Crippen LogP) is 0.740. The lowest BCUT2D eigenvalue weighted by Gasteiger charge is -2.79. The minimum Gasteiger partial charge on any atom is -0.392 e. The summed E-state index contributed by atoms with van der Waals surface area (Å²) in [6.07, 6.45) is -0.473. The fourth-order valence-corrected chi connectivity index (χ4v) is 8.38. The third kappa shape index (κ3) is 1.19. The molecule has 6 heteroatoms. The van der Waals surface area contributed by atoms with Crippen molar-refractivity contribution in [3.63, 3.8) is 0 Å². The molecule has 8 aliphatic rings. The van der Waals surface area contributed by atoms with Crippen LogP contribution in [0.3, 0.4) is 0 Å². The second kappa shape index (κ2) is 4.13. The standard InChI is InChI=1S/C20H26O6/c1-8-9-4-5-10-18-11(21)6-7-17(2,3)12(18)14(23)20(24)19(10,13(8)22)15(9)25-16(18)26-20/h9-12,14-16,21,23-24H,1,4-7H2,2-3H3/t9-,10+,11-,12+,14-,15+,16?,18?,19?,20-/m0/s1. The van der Waals surface area contributed by atoms with E-state index < -0.39 is 47.1 Å². The van der Waals surface area contributed by atoms with Gasteiger partial charge in [-0.25, -0.2) is 0 Å². The van der Waals surface area contributed by atoms with E-state index in [9.17, 15) is 20.1 Å². The van der Waals surface area contributed by atoms with Crippen molar-refractivity contribution < 1.29 is 29.6 Å². The van der Waals surface area contributed by atoms with E-state index in [0.29, 0.717) is 18.4 Å². The summed E-state index contributed by atoms with van der Waals surface area (Å²) in [5.41, 5.74) is -2.03. The van der Waals surface area contributed by atoms with Crippen LogP contribution in [0.15, 0.2) is 12.2 Å². The maximum absolute atomic E-state index is 13.4. The minimum absolute atomic E-state index is 0.133. The van der Waals surface area contributed by atoms with E-state index in [4.69, 9.17) is 9.47 Å². The highest BCUT2D eigenvalue weighted by atomic mass is 16.8. The van der Waals surface area contributed by atoms with Crippen LogP contribution in [-0.2, 0) is 14.3 Å². The van der Waals surface area contributed by atoms with Gasteiger partial charge >= 0.3 is 0 Å². The van der Waals surface area contributed by atoms with Crippen LogP contribution >= 0.6 is 0 Å². The summed E-state index contributed by atoms with van der Waals surface area (Å²) in [6, 6.07) is 0. The van der Waals surface area contributed by atoms with Crippen LogP contribution in [0.4, 0.5) is 0 Å². The Kier molecular flexibility index (Phi) is 2.57. The molecule has 0 radical (unpaired) electrons. The molecule has 0 aromatic carbocycles. The lowest BCUT2D eigenvalue weighted by molar-refractivity contribution is -0.556. The minimum atomic E-state index is -1.97. The molecule has 4 saturated carbocycles. The molecule has 4 heterocycles. The van der Waals surface area contributed by atoms with Crippen molar-refractivity contribution in [1.29, 1.82) is 0 Å². The highest BCUT2D eigenvalue weighted by Crippen LogP contribution is 2.81. The lowest BCUT2D eigenvalue weighted by atomic mass is 9.34. The molecule has 6 nitrogen and oxygen atoms in total. The van der Waals surface area contributed by atoms with E-state index in [-0.39, 0.29) is 23.0 Å². The molecule has 142 valence electrons. The van der Waals surface area contributed by atoms with E-state index >= 15 is 0 Å². The third-order valence-corrected chi connectivity index (χ3v) is 9.14. The average Bonchev–Trinajstić information content (AvgIpc) is 2.71. The molecule has 10 atom stereocenters. The van der Waals surface area contributed by atoms with E-state index in [1.54, 1.807) is 0 Å². The monoisotopic (exact) mass is 362 g/mol. The van der Waals surface area contributed by atoms with Gasteiger partial charge in [-0.05, 0) is 42.6 Å². The maximum Gasteiger partial charge on any atom is 0.211 e. The zero-order valence-electron chi connectivity index (χ0n) is 15.1. The van der Waals surface area contributed by atoms with Crippen LogP contribution in [-0.4, -0.2) is 51.5 Å². The van der Waals surface area contributed by atoms with Crippen LogP contribution in [0.5, 0.6) is 0 Å². The molecule has 4 saturated heterocycles. The van der Waals surface area contributed by atoms with Gasteiger partial charge in [-0.2, -0.15) is 0 Å². The van der Waals surface area contributed by atoms with Crippen LogP contribution in [0.1, 0.15) is 39.5 Å². The predicted molar refractivity (Wildman–Crippen MR) is 88.4 cm³/mol. The largest absolute Gasteiger partial charge is 0.392 e. The molecule has 8 rings (SSSR count). The number of rotatable bonds is 0. The van der Waals surface area contributed by atoms with Crippen molar-refractivity contribution in [2.24, 2.45) is 34.0 Å². The summed E-state index contributed by atoms with van der Waals surface area (Å²) >= 11 is 0. The Bertz CT molecular complexity index is 761. The van der Waals surface area contributed by atoms with Crippen molar-refractivity contribution in [3.8, 4) is 0 Å². The number of ether oxygens (including phenoxy) is 2. The first-order valence-corrected chi connectivity index (χ1v) is 9.80. The van der Waals surface area contributed by atoms with Crippen molar-refractivity contribution >= 4 is 5.78 Å². The summed E-state index contributed by atoms with van der Waals surface area (Å²) in [4.78, 5) is 13.4. The van der Waals surface area contributed by atoms with Gasteiger partial charge in [-0.1, -0.05) is 20.4 Å². The molecule has 0 aromatic rings. The van der Waals surface area contributed by atoms with E-state index in [1.807, 2.05) is 0 Å². The Morgan fingerprint density at radius 2 is 1.92 bits per heavy atom. The Morgan fingerprint density at radius 1 is 1.19 bits per heavy atom. The summed E-state index contributed by atoms with van der Waals surface area (Å²) in [5, 5.41) is 34.3. The molecule has 4 aliphatic carbocycles. The lowest BCUT2D eigenvalue weighted by Crippen LogP contribution is -2.91. The van der Waals surface area contributed by atoms with Gasteiger partial charge in [0.15, 0.2) is 12.1 Å². The molecular weight excluding hydrogens is 336 g/mol. The average molecular weight is 362 g/mol. The zero-order valence-corrected chi connectivity index (χ0v) is 15.1. The first-order chi connectivity index (χ1) is 12.1. The smallest absolute Gasteiger partial charge is 0.211 e. The maximum atomic E-state index is 13.4. The molecule has 26 heavy (non-hydrogen) atoms. The molecule has 3 N–H and O–H groups in total. The molecule has 2 spiro atoms. The number of hydrogen-bond acceptors (Lipinski definition) is 6. The molecular formula is C20H26O6. The summed E-state index contributed by atoms with van der Waals surface area (Å²) in [6.45, 7) is 8.14. The van der Waals surface area contributed by atoms with Gasteiger partial charge in [0.25, 0.3) is 0 Å². The van der Waals surface area contributed by atoms with Crippen LogP contribution in [0, 0.1) is 34.0 Å². The van der Waals surface area contributed by atoms with E-state index in [0.717, 1.165) is 12.8 Å². The Hall–Kier alpha value is -0.790. The number of ketones is 1. The normalized spacial score (nSPS) is 64.0. The molecule has 7 bridgehead atoms. The fraction of sp³-hybridized carbons (Fsp3) is 0.850. The molecule has 8 fully saturated rings. The van der Waals surface area contributed by atoms with Gasteiger partial charge in [0.2, 0.25) is 5.79 Å². The highest BCUT2D eigenvalue weighted by molar-refractivity contribution is 6.05. The van der Waals surface area contributed by atoms with Crippen LogP contribution in [0.2, 0.25) is 0 Å². The van der Waals surface area contributed by atoms with Gasteiger partial charge in [0.05, 0.1) is 17.6 Å². The topological polar surface area (TPSA) is 96.2 Å². The summed E-state index contributed by atoms with van der Waals surface area (Å²) < 4.78 is 12.3. The third-order valence-electron chi connectivity index (χ3n) is 9.14. The SMILES string of the molecule is C=C1C(=O)C23[C@@H]4OC5O[C@@]2(O)[C@@H](O)[C@@H]2C(C)(C)CC[C@H](O)C52[C@H]3CC[C@@H]14. The Balaban J connectivity index is 1.70. The van der Waals surface area contributed by atoms with Crippen molar-refractivity contribution in [3.05, 3.63) is 12.2 Å². The summed E-state index contributed by atoms with van der Waals surface area (Å²) in [5.74, 6) is -2.99. The molecule has 3 unspecified atom stereocenters. The second-order valence-electron chi connectivity index (χ2n) is 10.1. The van der Waals surface area contributed by atoms with E-state index in [2.05, 4.69) is 20.4 Å². The van der Waals surface area contributed by atoms with Crippen LogP contribution < -0.4 is 0 Å². The number of Topliss-reactive ketones (excluding diaryl/α,β-unsaturated/α-hetero) is 1. The molecule has 4 aliphatic heterocycles. The first kappa shape index (κ1) is 16.2. The molecule has 0 aromatic heterocycles. The number of hydrogen-bond donors (Lipinski definition) is 3. The van der Waals surface area contributed by atoms with Crippen molar-refractivity contribution in [2.75, 3.05) is 0 Å². The van der Waals surface area contributed by atoms with Crippen LogP contribution in [0.25, 0.3) is 0 Å². The zero-order chi connectivity index (χ0) is 18.4. The number of carbonyl (C=O) groups excluding carboxylic acids is 1. The van der Waals surface area contributed by atoms with Gasteiger partial charge in [-0.3, -0.25) is 4.79 Å². The number of carbonyl (C=O) groups is 1. The number of aliphatic hydroxyl groups excluding tert-OH is 2. The summed E-state index contributed by atoms with van der Waals surface area (Å²) in [7, 11) is 0.